The van der Waals surface area contributed by atoms with E-state index in [1.807, 2.05) is 6.21 Å². The summed E-state index contributed by atoms with van der Waals surface area (Å²) in [6.45, 7) is 6.57. The van der Waals surface area contributed by atoms with Crippen molar-refractivity contribution in [2.45, 2.75) is 26.2 Å². The summed E-state index contributed by atoms with van der Waals surface area (Å²) in [6, 6.07) is 15.3. The molecule has 0 aliphatic rings. The predicted octanol–water partition coefficient (Wildman–Crippen LogP) is 3.83. The van der Waals surface area contributed by atoms with Gasteiger partial charge >= 0.3 is 0 Å². The summed E-state index contributed by atoms with van der Waals surface area (Å²) in [5.41, 5.74) is 8.97. The van der Waals surface area contributed by atoms with Gasteiger partial charge in [0, 0.05) is 11.8 Å². The quantitative estimate of drug-likeness (QED) is 0.853. The summed E-state index contributed by atoms with van der Waals surface area (Å²) in [5.74, 6) is -0.428. The summed E-state index contributed by atoms with van der Waals surface area (Å²) in [7, 11) is 0. The van der Waals surface area contributed by atoms with E-state index in [4.69, 9.17) is 5.73 Å². The summed E-state index contributed by atoms with van der Waals surface area (Å²) in [6.07, 6.45) is 1.81. The first kappa shape index (κ1) is 15.0. The Bertz CT molecular complexity index is 647. The monoisotopic (exact) mass is 280 g/mol. The lowest BCUT2D eigenvalue weighted by Gasteiger charge is -2.18. The van der Waals surface area contributed by atoms with Crippen LogP contribution in [0.25, 0.3) is 0 Å². The molecule has 0 spiro atoms. The second kappa shape index (κ2) is 5.92. The third-order valence-corrected chi connectivity index (χ3v) is 3.29. The summed E-state index contributed by atoms with van der Waals surface area (Å²) in [4.78, 5) is 15.4. The van der Waals surface area contributed by atoms with Gasteiger partial charge in [0.25, 0.3) is 0 Å². The normalized spacial score (nSPS) is 11.8. The van der Waals surface area contributed by atoms with Crippen LogP contribution in [-0.2, 0) is 5.41 Å². The van der Waals surface area contributed by atoms with E-state index in [0.717, 1.165) is 11.3 Å². The molecule has 0 aliphatic carbocycles. The zero-order chi connectivity index (χ0) is 15.5. The number of nitrogens with zero attached hydrogens (tertiary/aromatic N) is 1. The molecule has 3 heteroatoms. The average Bonchev–Trinajstić information content (AvgIpc) is 2.45. The first-order valence-corrected chi connectivity index (χ1v) is 6.91. The fourth-order valence-corrected chi connectivity index (χ4v) is 1.93. The molecule has 0 fully saturated rings. The van der Waals surface area contributed by atoms with E-state index in [0.29, 0.717) is 5.56 Å². The fraction of sp³-hybridized carbons (Fsp3) is 0.222. The van der Waals surface area contributed by atoms with Crippen LogP contribution in [0.3, 0.4) is 0 Å². The molecule has 1 amide bonds. The van der Waals surface area contributed by atoms with Crippen molar-refractivity contribution in [1.82, 2.24) is 0 Å². The highest BCUT2D eigenvalue weighted by Crippen LogP contribution is 2.22. The number of hydrogen-bond acceptors (Lipinski definition) is 2. The predicted molar refractivity (Wildman–Crippen MR) is 87.4 cm³/mol. The summed E-state index contributed by atoms with van der Waals surface area (Å²) in [5, 5.41) is 0. The Labute approximate surface area is 125 Å². The second-order valence-corrected chi connectivity index (χ2v) is 6.04. The standard InChI is InChI=1S/C18H20N2O/c1-18(2,3)15-8-4-13(5-9-15)12-20-16-10-6-14(7-11-16)17(19)21/h4-12H,1-3H3,(H2,19,21). The summed E-state index contributed by atoms with van der Waals surface area (Å²) < 4.78 is 0. The molecule has 2 N–H and O–H groups in total. The van der Waals surface area contributed by atoms with Crippen molar-refractivity contribution in [3.8, 4) is 0 Å². The minimum atomic E-state index is -0.428. The lowest BCUT2D eigenvalue weighted by Crippen LogP contribution is -2.10. The molecule has 0 saturated heterocycles. The van der Waals surface area contributed by atoms with Gasteiger partial charge in [-0.05, 0) is 40.8 Å². The van der Waals surface area contributed by atoms with Gasteiger partial charge in [-0.15, -0.1) is 0 Å². The zero-order valence-corrected chi connectivity index (χ0v) is 12.6. The van der Waals surface area contributed by atoms with E-state index in [1.165, 1.54) is 5.56 Å². The Morgan fingerprint density at radius 3 is 2.05 bits per heavy atom. The molecule has 0 heterocycles. The second-order valence-electron chi connectivity index (χ2n) is 6.04. The van der Waals surface area contributed by atoms with Crippen molar-refractivity contribution in [2.24, 2.45) is 10.7 Å². The molecule has 0 bridgehead atoms. The van der Waals surface area contributed by atoms with Crippen molar-refractivity contribution in [1.29, 1.82) is 0 Å². The number of primary amides is 1. The molecule has 108 valence electrons. The molecular formula is C18H20N2O. The molecule has 2 rings (SSSR count). The Morgan fingerprint density at radius 1 is 1.00 bits per heavy atom. The molecular weight excluding hydrogens is 260 g/mol. The Kier molecular flexibility index (Phi) is 4.22. The van der Waals surface area contributed by atoms with Crippen molar-refractivity contribution >= 4 is 17.8 Å². The number of hydrogen-bond donors (Lipinski definition) is 1. The number of carbonyl (C=O) groups excluding carboxylic acids is 1. The van der Waals surface area contributed by atoms with Gasteiger partial charge in [0.15, 0.2) is 0 Å². The van der Waals surface area contributed by atoms with Crippen LogP contribution in [0.1, 0.15) is 42.3 Å². The third-order valence-electron chi connectivity index (χ3n) is 3.29. The lowest BCUT2D eigenvalue weighted by molar-refractivity contribution is 0.100. The number of amides is 1. The smallest absolute Gasteiger partial charge is 0.248 e. The number of rotatable bonds is 3. The first-order chi connectivity index (χ1) is 9.86. The van der Waals surface area contributed by atoms with Gasteiger partial charge in [0.2, 0.25) is 5.91 Å². The van der Waals surface area contributed by atoms with Gasteiger partial charge in [-0.1, -0.05) is 45.0 Å². The van der Waals surface area contributed by atoms with Gasteiger partial charge in [0.05, 0.1) is 5.69 Å². The van der Waals surface area contributed by atoms with Crippen LogP contribution in [-0.4, -0.2) is 12.1 Å². The zero-order valence-electron chi connectivity index (χ0n) is 12.6. The van der Waals surface area contributed by atoms with Crippen LogP contribution in [0.5, 0.6) is 0 Å². The lowest BCUT2D eigenvalue weighted by atomic mass is 9.87. The molecule has 21 heavy (non-hydrogen) atoms. The molecule has 0 unspecified atom stereocenters. The van der Waals surface area contributed by atoms with Crippen molar-refractivity contribution in [3.05, 3.63) is 65.2 Å². The highest BCUT2D eigenvalue weighted by molar-refractivity contribution is 5.93. The molecule has 2 aromatic carbocycles. The number of nitrogens with two attached hydrogens (primary N) is 1. The van der Waals surface area contributed by atoms with Crippen LogP contribution in [0.4, 0.5) is 5.69 Å². The van der Waals surface area contributed by atoms with Gasteiger partial charge < -0.3 is 5.73 Å². The van der Waals surface area contributed by atoms with Gasteiger partial charge in [0.1, 0.15) is 0 Å². The van der Waals surface area contributed by atoms with Gasteiger partial charge in [-0.25, -0.2) is 0 Å². The largest absolute Gasteiger partial charge is 0.366 e. The van der Waals surface area contributed by atoms with E-state index in [1.54, 1.807) is 24.3 Å². The van der Waals surface area contributed by atoms with E-state index in [-0.39, 0.29) is 5.41 Å². The van der Waals surface area contributed by atoms with Crippen molar-refractivity contribution in [3.63, 3.8) is 0 Å². The molecule has 0 aliphatic heterocycles. The van der Waals surface area contributed by atoms with Crippen LogP contribution in [0.15, 0.2) is 53.5 Å². The van der Waals surface area contributed by atoms with E-state index >= 15 is 0 Å². The summed E-state index contributed by atoms with van der Waals surface area (Å²) >= 11 is 0. The van der Waals surface area contributed by atoms with E-state index in [9.17, 15) is 4.79 Å². The van der Waals surface area contributed by atoms with Crippen LogP contribution < -0.4 is 5.73 Å². The molecule has 2 aromatic rings. The molecule has 0 saturated carbocycles. The Morgan fingerprint density at radius 2 is 1.57 bits per heavy atom. The molecule has 0 atom stereocenters. The fourth-order valence-electron chi connectivity index (χ4n) is 1.93. The van der Waals surface area contributed by atoms with Gasteiger partial charge in [-0.3, -0.25) is 9.79 Å². The third kappa shape index (κ3) is 4.02. The van der Waals surface area contributed by atoms with E-state index < -0.39 is 5.91 Å². The topological polar surface area (TPSA) is 55.4 Å². The van der Waals surface area contributed by atoms with Crippen molar-refractivity contribution < 1.29 is 4.79 Å². The number of benzene rings is 2. The number of aliphatic imine (C=N–C) groups is 1. The minimum Gasteiger partial charge on any atom is -0.366 e. The van der Waals surface area contributed by atoms with E-state index in [2.05, 4.69) is 50.0 Å². The first-order valence-electron chi connectivity index (χ1n) is 6.91. The Balaban J connectivity index is 2.12. The Hall–Kier alpha value is -2.42. The maximum atomic E-state index is 11.0. The number of carbonyl (C=O) groups is 1. The van der Waals surface area contributed by atoms with Gasteiger partial charge in [-0.2, -0.15) is 0 Å². The molecule has 0 aromatic heterocycles. The van der Waals surface area contributed by atoms with Crippen LogP contribution in [0.2, 0.25) is 0 Å². The van der Waals surface area contributed by atoms with Crippen LogP contribution >= 0.6 is 0 Å². The van der Waals surface area contributed by atoms with Crippen molar-refractivity contribution in [2.75, 3.05) is 0 Å². The SMILES string of the molecule is CC(C)(C)c1ccc(C=Nc2ccc(C(N)=O)cc2)cc1. The maximum absolute atomic E-state index is 11.0. The average molecular weight is 280 g/mol. The molecule has 3 nitrogen and oxygen atoms in total. The highest BCUT2D eigenvalue weighted by atomic mass is 16.1. The van der Waals surface area contributed by atoms with Crippen LogP contribution in [0, 0.1) is 0 Å². The highest BCUT2D eigenvalue weighted by Gasteiger charge is 2.12. The maximum Gasteiger partial charge on any atom is 0.248 e. The minimum absolute atomic E-state index is 0.153. The molecule has 0 radical (unpaired) electrons.